The molecular weight excluding hydrogens is 394 g/mol. The van der Waals surface area contributed by atoms with Gasteiger partial charge >= 0.3 is 0 Å². The van der Waals surface area contributed by atoms with E-state index in [-0.39, 0.29) is 0 Å². The molecule has 0 atom stereocenters. The fourth-order valence-electron chi connectivity index (χ4n) is 3.73. The van der Waals surface area contributed by atoms with E-state index in [0.29, 0.717) is 30.6 Å². The van der Waals surface area contributed by atoms with Crippen LogP contribution in [0.3, 0.4) is 0 Å². The molecule has 0 spiro atoms. The van der Waals surface area contributed by atoms with E-state index in [0.717, 1.165) is 41.3 Å². The van der Waals surface area contributed by atoms with Gasteiger partial charge in [-0.3, -0.25) is 4.98 Å². The number of fused-ring (bicyclic) bond motifs is 2. The minimum absolute atomic E-state index is 0.472. The molecular formula is C22H19N7O2. The number of pyridine rings is 2. The quantitative estimate of drug-likeness (QED) is 0.478. The van der Waals surface area contributed by atoms with Crippen LogP contribution >= 0.6 is 0 Å². The number of aromatic nitrogens is 5. The summed E-state index contributed by atoms with van der Waals surface area (Å²) in [4.78, 5) is 15.7. The van der Waals surface area contributed by atoms with Crippen molar-refractivity contribution in [2.45, 2.75) is 0 Å². The number of anilines is 3. The summed E-state index contributed by atoms with van der Waals surface area (Å²) >= 11 is 0. The van der Waals surface area contributed by atoms with Crippen LogP contribution in [0.2, 0.25) is 0 Å². The molecule has 0 aliphatic carbocycles. The average Bonchev–Trinajstić information content (AvgIpc) is 3.43. The SMILES string of the molecule is c1ccn2nc(Nc3nc(N4CCOCC4)c4oc(-c5ccncc5)cc4n3)cc2c1. The first-order chi connectivity index (χ1) is 15.3. The van der Waals surface area contributed by atoms with Crippen molar-refractivity contribution in [1.82, 2.24) is 24.6 Å². The van der Waals surface area contributed by atoms with Crippen LogP contribution in [-0.4, -0.2) is 50.9 Å². The monoisotopic (exact) mass is 413 g/mol. The zero-order chi connectivity index (χ0) is 20.6. The molecule has 0 aromatic carbocycles. The second-order valence-corrected chi connectivity index (χ2v) is 7.26. The van der Waals surface area contributed by atoms with Crippen molar-refractivity contribution in [3.05, 3.63) is 61.1 Å². The Hall–Kier alpha value is -3.98. The van der Waals surface area contributed by atoms with Gasteiger partial charge in [-0.2, -0.15) is 10.1 Å². The van der Waals surface area contributed by atoms with Gasteiger partial charge in [0.1, 0.15) is 11.3 Å². The molecule has 1 fully saturated rings. The lowest BCUT2D eigenvalue weighted by Crippen LogP contribution is -2.37. The molecule has 1 saturated heterocycles. The predicted octanol–water partition coefficient (Wildman–Crippen LogP) is 3.51. The third-order valence-electron chi connectivity index (χ3n) is 5.24. The van der Waals surface area contributed by atoms with Crippen LogP contribution in [0.4, 0.5) is 17.6 Å². The number of rotatable bonds is 4. The number of hydrogen-bond acceptors (Lipinski definition) is 8. The number of ether oxygens (including phenoxy) is 1. The lowest BCUT2D eigenvalue weighted by atomic mass is 10.2. The summed E-state index contributed by atoms with van der Waals surface area (Å²) in [7, 11) is 0. The van der Waals surface area contributed by atoms with E-state index >= 15 is 0 Å². The number of furan rings is 1. The Morgan fingerprint density at radius 1 is 0.968 bits per heavy atom. The highest BCUT2D eigenvalue weighted by Crippen LogP contribution is 2.33. The van der Waals surface area contributed by atoms with Crippen LogP contribution in [0, 0.1) is 0 Å². The van der Waals surface area contributed by atoms with Crippen LogP contribution in [0.5, 0.6) is 0 Å². The van der Waals surface area contributed by atoms with Gasteiger partial charge in [0.15, 0.2) is 17.2 Å². The number of hydrogen-bond donors (Lipinski definition) is 1. The summed E-state index contributed by atoms with van der Waals surface area (Å²) in [5, 5.41) is 7.79. The number of nitrogens with zero attached hydrogens (tertiary/aromatic N) is 6. The van der Waals surface area contributed by atoms with Gasteiger partial charge in [-0.25, -0.2) is 9.50 Å². The van der Waals surface area contributed by atoms with Crippen molar-refractivity contribution < 1.29 is 9.15 Å². The molecule has 31 heavy (non-hydrogen) atoms. The van der Waals surface area contributed by atoms with Crippen LogP contribution in [0.1, 0.15) is 0 Å². The molecule has 0 saturated carbocycles. The van der Waals surface area contributed by atoms with Crippen LogP contribution in [0.25, 0.3) is 27.9 Å². The van der Waals surface area contributed by atoms with Gasteiger partial charge in [0, 0.05) is 49.4 Å². The molecule has 6 rings (SSSR count). The highest BCUT2D eigenvalue weighted by Gasteiger charge is 2.21. The van der Waals surface area contributed by atoms with Gasteiger partial charge in [0.2, 0.25) is 5.95 Å². The molecule has 1 aliphatic heterocycles. The van der Waals surface area contributed by atoms with Crippen molar-refractivity contribution in [2.75, 3.05) is 36.5 Å². The van der Waals surface area contributed by atoms with Crippen LogP contribution in [-0.2, 0) is 4.74 Å². The lowest BCUT2D eigenvalue weighted by molar-refractivity contribution is 0.122. The van der Waals surface area contributed by atoms with Gasteiger partial charge in [-0.05, 0) is 24.3 Å². The fraction of sp³-hybridized carbons (Fsp3) is 0.182. The maximum Gasteiger partial charge on any atom is 0.231 e. The first-order valence-electron chi connectivity index (χ1n) is 10.1. The van der Waals surface area contributed by atoms with E-state index in [2.05, 4.69) is 20.3 Å². The number of nitrogens with one attached hydrogen (secondary N) is 1. The summed E-state index contributed by atoms with van der Waals surface area (Å²) in [6.07, 6.45) is 5.39. The topological polar surface area (TPSA) is 93.6 Å². The molecule has 154 valence electrons. The van der Waals surface area contributed by atoms with Crippen molar-refractivity contribution in [3.63, 3.8) is 0 Å². The second kappa shape index (κ2) is 7.37. The van der Waals surface area contributed by atoms with E-state index in [1.54, 1.807) is 12.4 Å². The molecule has 6 heterocycles. The largest absolute Gasteiger partial charge is 0.450 e. The zero-order valence-electron chi connectivity index (χ0n) is 16.6. The van der Waals surface area contributed by atoms with E-state index in [1.165, 1.54) is 0 Å². The maximum absolute atomic E-state index is 6.21. The first kappa shape index (κ1) is 17.8. The maximum atomic E-state index is 6.21. The van der Waals surface area contributed by atoms with Gasteiger partial charge < -0.3 is 19.4 Å². The second-order valence-electron chi connectivity index (χ2n) is 7.26. The average molecular weight is 413 g/mol. The fourth-order valence-corrected chi connectivity index (χ4v) is 3.73. The Morgan fingerprint density at radius 3 is 2.68 bits per heavy atom. The highest BCUT2D eigenvalue weighted by molar-refractivity contribution is 5.89. The first-order valence-corrected chi connectivity index (χ1v) is 10.1. The van der Waals surface area contributed by atoms with E-state index < -0.39 is 0 Å². The molecule has 0 amide bonds. The smallest absolute Gasteiger partial charge is 0.231 e. The minimum Gasteiger partial charge on any atom is -0.450 e. The Kier molecular flexibility index (Phi) is 4.24. The minimum atomic E-state index is 0.472. The molecule has 1 N–H and O–H groups in total. The Morgan fingerprint density at radius 2 is 1.84 bits per heavy atom. The van der Waals surface area contributed by atoms with Crippen LogP contribution in [0.15, 0.2) is 65.5 Å². The molecule has 9 nitrogen and oxygen atoms in total. The van der Waals surface area contributed by atoms with Gasteiger partial charge in [0.05, 0.1) is 18.7 Å². The summed E-state index contributed by atoms with van der Waals surface area (Å²) < 4.78 is 13.5. The third kappa shape index (κ3) is 3.34. The zero-order valence-corrected chi connectivity index (χ0v) is 16.6. The van der Waals surface area contributed by atoms with E-state index in [9.17, 15) is 0 Å². The van der Waals surface area contributed by atoms with Crippen molar-refractivity contribution in [3.8, 4) is 11.3 Å². The molecule has 0 bridgehead atoms. The van der Waals surface area contributed by atoms with Crippen molar-refractivity contribution >= 4 is 34.2 Å². The molecule has 1 aliphatic rings. The molecule has 5 aromatic heterocycles. The van der Waals surface area contributed by atoms with Gasteiger partial charge in [0.25, 0.3) is 0 Å². The van der Waals surface area contributed by atoms with Crippen LogP contribution < -0.4 is 10.2 Å². The molecule has 5 aromatic rings. The predicted molar refractivity (Wildman–Crippen MR) is 117 cm³/mol. The van der Waals surface area contributed by atoms with Crippen molar-refractivity contribution in [2.24, 2.45) is 0 Å². The van der Waals surface area contributed by atoms with Gasteiger partial charge in [-0.1, -0.05) is 6.07 Å². The summed E-state index contributed by atoms with van der Waals surface area (Å²) in [5.74, 6) is 2.63. The summed E-state index contributed by atoms with van der Waals surface area (Å²) in [5.41, 5.74) is 3.32. The summed E-state index contributed by atoms with van der Waals surface area (Å²) in [6.45, 7) is 2.79. The lowest BCUT2D eigenvalue weighted by Gasteiger charge is -2.27. The molecule has 0 radical (unpaired) electrons. The highest BCUT2D eigenvalue weighted by atomic mass is 16.5. The number of morpholine rings is 1. The van der Waals surface area contributed by atoms with E-state index in [1.807, 2.05) is 53.2 Å². The van der Waals surface area contributed by atoms with Crippen molar-refractivity contribution in [1.29, 1.82) is 0 Å². The summed E-state index contributed by atoms with van der Waals surface area (Å²) in [6, 6.07) is 13.6. The van der Waals surface area contributed by atoms with E-state index in [4.69, 9.17) is 19.1 Å². The Labute approximate surface area is 177 Å². The Balaban J connectivity index is 1.45. The third-order valence-corrected chi connectivity index (χ3v) is 5.24. The normalized spacial score (nSPS) is 14.4. The Bertz CT molecular complexity index is 1320. The molecule has 0 unspecified atom stereocenters. The molecule has 9 heteroatoms. The standard InChI is InChI=1S/C22H19N7O2/c1-2-8-29-16(3-1)13-19(27-29)25-22-24-17-14-18(15-4-6-23-7-5-15)31-20(17)21(26-22)28-9-11-30-12-10-28/h1-8,13-14H,9-12H2,(H,24,25,26,27). The van der Waals surface area contributed by atoms with Gasteiger partial charge in [-0.15, -0.1) is 0 Å².